The molecule has 0 amide bonds. The average Bonchev–Trinajstić information content (AvgIpc) is 2.82. The summed E-state index contributed by atoms with van der Waals surface area (Å²) < 4.78 is 0. The number of aryl methyl sites for hydroxylation is 1. The van der Waals surface area contributed by atoms with Crippen molar-refractivity contribution in [2.45, 2.75) is 96.8 Å². The number of aromatic nitrogens is 2. The van der Waals surface area contributed by atoms with Gasteiger partial charge in [-0.3, -0.25) is 4.98 Å². The summed E-state index contributed by atoms with van der Waals surface area (Å²) in [5.74, 6) is 0.00365. The van der Waals surface area contributed by atoms with Crippen LogP contribution >= 0.6 is 0 Å². The van der Waals surface area contributed by atoms with E-state index < -0.39 is 0 Å². The summed E-state index contributed by atoms with van der Waals surface area (Å²) in [7, 11) is 0. The first-order valence-corrected chi connectivity index (χ1v) is 9.24. The second kappa shape index (κ2) is 12.4. The molecule has 22 heavy (non-hydrogen) atoms. The normalized spacial score (nSPS) is 11.1. The third-order valence-corrected chi connectivity index (χ3v) is 4.31. The number of nitrogens with one attached hydrogen (secondary N) is 2. The molecule has 0 spiro atoms. The summed E-state index contributed by atoms with van der Waals surface area (Å²) in [6.07, 6.45) is 18.0. The second-order valence-corrected chi connectivity index (χ2v) is 6.40. The van der Waals surface area contributed by atoms with Gasteiger partial charge in [0.05, 0.1) is 5.69 Å². The molecule has 0 saturated heterocycles. The van der Waals surface area contributed by atoms with Crippen LogP contribution in [0.15, 0.2) is 4.79 Å². The molecule has 1 aromatic rings. The largest absolute Gasteiger partial charge is 0.493 e. The maximum Gasteiger partial charge on any atom is 0.325 e. The van der Waals surface area contributed by atoms with Crippen molar-refractivity contribution in [1.29, 1.82) is 0 Å². The molecule has 0 aliphatic heterocycles. The van der Waals surface area contributed by atoms with E-state index in [1.54, 1.807) is 0 Å². The Bertz CT molecular complexity index is 423. The third kappa shape index (κ3) is 8.96. The van der Waals surface area contributed by atoms with Crippen molar-refractivity contribution in [2.24, 2.45) is 0 Å². The van der Waals surface area contributed by atoms with E-state index in [0.29, 0.717) is 5.69 Å². The number of H-pyrrole nitrogens is 2. The SMILES string of the molecule is CCCCCCCCCCCCCCCc1[nH]c(=O)[nH]c1O. The Kier molecular flexibility index (Phi) is 10.6. The molecule has 1 heterocycles. The molecule has 0 fully saturated rings. The van der Waals surface area contributed by atoms with Crippen LogP contribution in [-0.2, 0) is 6.42 Å². The average molecular weight is 310 g/mol. The van der Waals surface area contributed by atoms with Gasteiger partial charge in [-0.25, -0.2) is 4.79 Å². The summed E-state index contributed by atoms with van der Waals surface area (Å²) in [5.41, 5.74) is 0.329. The van der Waals surface area contributed by atoms with Gasteiger partial charge in [-0.2, -0.15) is 0 Å². The van der Waals surface area contributed by atoms with Gasteiger partial charge in [0, 0.05) is 0 Å². The summed E-state index contributed by atoms with van der Waals surface area (Å²) >= 11 is 0. The lowest BCUT2D eigenvalue weighted by Gasteiger charge is -2.03. The van der Waals surface area contributed by atoms with Crippen molar-refractivity contribution in [3.63, 3.8) is 0 Å². The van der Waals surface area contributed by atoms with Crippen LogP contribution in [0.2, 0.25) is 0 Å². The Morgan fingerprint density at radius 3 is 1.59 bits per heavy atom. The fourth-order valence-electron chi connectivity index (χ4n) is 2.91. The monoisotopic (exact) mass is 310 g/mol. The van der Waals surface area contributed by atoms with Crippen LogP contribution < -0.4 is 5.69 Å². The first-order valence-electron chi connectivity index (χ1n) is 9.24. The predicted molar refractivity (Wildman–Crippen MR) is 92.5 cm³/mol. The second-order valence-electron chi connectivity index (χ2n) is 6.40. The van der Waals surface area contributed by atoms with Crippen molar-refractivity contribution >= 4 is 0 Å². The smallest absolute Gasteiger partial charge is 0.325 e. The van der Waals surface area contributed by atoms with Gasteiger partial charge in [0.25, 0.3) is 0 Å². The topological polar surface area (TPSA) is 68.9 Å². The molecule has 0 atom stereocenters. The van der Waals surface area contributed by atoms with E-state index in [-0.39, 0.29) is 11.6 Å². The van der Waals surface area contributed by atoms with Gasteiger partial charge in [0.1, 0.15) is 0 Å². The fourth-order valence-corrected chi connectivity index (χ4v) is 2.91. The summed E-state index contributed by atoms with van der Waals surface area (Å²) in [6, 6.07) is 0. The summed E-state index contributed by atoms with van der Waals surface area (Å²) in [5, 5.41) is 9.44. The van der Waals surface area contributed by atoms with E-state index in [4.69, 9.17) is 0 Å². The minimum Gasteiger partial charge on any atom is -0.493 e. The van der Waals surface area contributed by atoms with Gasteiger partial charge >= 0.3 is 5.69 Å². The van der Waals surface area contributed by atoms with Crippen molar-refractivity contribution in [3.8, 4) is 5.88 Å². The Morgan fingerprint density at radius 1 is 0.727 bits per heavy atom. The van der Waals surface area contributed by atoms with Gasteiger partial charge in [-0.05, 0) is 12.8 Å². The van der Waals surface area contributed by atoms with E-state index in [1.165, 1.54) is 77.0 Å². The lowest BCUT2D eigenvalue weighted by atomic mass is 10.0. The van der Waals surface area contributed by atoms with Crippen LogP contribution in [0.25, 0.3) is 0 Å². The number of imidazole rings is 1. The highest BCUT2D eigenvalue weighted by Gasteiger charge is 2.04. The highest BCUT2D eigenvalue weighted by atomic mass is 16.3. The van der Waals surface area contributed by atoms with Crippen molar-refractivity contribution < 1.29 is 5.11 Å². The van der Waals surface area contributed by atoms with Crippen molar-refractivity contribution in [1.82, 2.24) is 9.97 Å². The number of rotatable bonds is 14. The molecule has 4 heteroatoms. The van der Waals surface area contributed by atoms with Gasteiger partial charge in [0.2, 0.25) is 5.88 Å². The number of unbranched alkanes of at least 4 members (excludes halogenated alkanes) is 12. The van der Waals surface area contributed by atoms with Gasteiger partial charge in [-0.15, -0.1) is 0 Å². The Morgan fingerprint density at radius 2 is 1.18 bits per heavy atom. The molecule has 0 radical (unpaired) electrons. The van der Waals surface area contributed by atoms with Gasteiger partial charge in [-0.1, -0.05) is 84.0 Å². The molecule has 0 unspecified atom stereocenters. The molecule has 4 nitrogen and oxygen atoms in total. The maximum absolute atomic E-state index is 11.0. The number of hydrogen-bond acceptors (Lipinski definition) is 2. The molecule has 0 aromatic carbocycles. The Labute approximate surface area is 134 Å². The molecule has 0 aliphatic rings. The Hall–Kier alpha value is -1.19. The minimum atomic E-state index is -0.317. The van der Waals surface area contributed by atoms with Crippen molar-refractivity contribution in [3.05, 3.63) is 16.2 Å². The summed E-state index contributed by atoms with van der Waals surface area (Å²) in [6.45, 7) is 2.26. The van der Waals surface area contributed by atoms with Crippen LogP contribution in [0.5, 0.6) is 5.88 Å². The molecule has 1 aromatic heterocycles. The standard InChI is InChI=1S/C18H34N2O2/c1-2-3-4-5-6-7-8-9-10-11-12-13-14-15-16-17(21)20-18(22)19-16/h21H,2-15H2,1H3,(H2,19,20,22). The first-order chi connectivity index (χ1) is 10.7. The lowest BCUT2D eigenvalue weighted by Crippen LogP contribution is -2.01. The predicted octanol–water partition coefficient (Wildman–Crippen LogP) is 5.04. The molecule has 1 rings (SSSR count). The van der Waals surface area contributed by atoms with Crippen LogP contribution in [0, 0.1) is 0 Å². The number of aromatic amines is 2. The van der Waals surface area contributed by atoms with E-state index in [2.05, 4.69) is 16.9 Å². The van der Waals surface area contributed by atoms with Gasteiger partial charge < -0.3 is 10.1 Å². The number of aromatic hydroxyl groups is 1. The van der Waals surface area contributed by atoms with Gasteiger partial charge in [0.15, 0.2) is 0 Å². The highest BCUT2D eigenvalue weighted by molar-refractivity contribution is 5.15. The quantitative estimate of drug-likeness (QED) is 0.421. The Balaban J connectivity index is 1.82. The molecule has 128 valence electrons. The van der Waals surface area contributed by atoms with Crippen LogP contribution in [-0.4, -0.2) is 15.1 Å². The van der Waals surface area contributed by atoms with E-state index >= 15 is 0 Å². The molecule has 0 bridgehead atoms. The zero-order chi connectivity index (χ0) is 16.0. The van der Waals surface area contributed by atoms with E-state index in [0.717, 1.165) is 12.8 Å². The van der Waals surface area contributed by atoms with E-state index in [1.807, 2.05) is 0 Å². The molecular weight excluding hydrogens is 276 g/mol. The van der Waals surface area contributed by atoms with Crippen LogP contribution in [0.3, 0.4) is 0 Å². The lowest BCUT2D eigenvalue weighted by molar-refractivity contribution is 0.446. The van der Waals surface area contributed by atoms with Crippen LogP contribution in [0.4, 0.5) is 0 Å². The summed E-state index contributed by atoms with van der Waals surface area (Å²) in [4.78, 5) is 15.9. The minimum absolute atomic E-state index is 0.00365. The molecule has 0 saturated carbocycles. The highest BCUT2D eigenvalue weighted by Crippen LogP contribution is 2.15. The zero-order valence-electron chi connectivity index (χ0n) is 14.3. The molecule has 0 aliphatic carbocycles. The van der Waals surface area contributed by atoms with Crippen molar-refractivity contribution in [2.75, 3.05) is 0 Å². The molecule has 3 N–H and O–H groups in total. The fraction of sp³-hybridized carbons (Fsp3) is 0.833. The first kappa shape index (κ1) is 18.9. The van der Waals surface area contributed by atoms with Crippen LogP contribution in [0.1, 0.15) is 96.1 Å². The molecular formula is C18H34N2O2. The third-order valence-electron chi connectivity index (χ3n) is 4.31. The maximum atomic E-state index is 11.0. The van der Waals surface area contributed by atoms with E-state index in [9.17, 15) is 9.90 Å². The number of hydrogen-bond donors (Lipinski definition) is 3. The zero-order valence-corrected chi connectivity index (χ0v) is 14.3.